The molecule has 0 fully saturated rings. The van der Waals surface area contributed by atoms with Crippen LogP contribution in [0.25, 0.3) is 11.1 Å². The highest BCUT2D eigenvalue weighted by Crippen LogP contribution is 2.35. The lowest BCUT2D eigenvalue weighted by atomic mass is 10.0. The van der Waals surface area contributed by atoms with Crippen molar-refractivity contribution in [3.05, 3.63) is 52.8 Å². The Kier molecular flexibility index (Phi) is 2.52. The smallest absolute Gasteiger partial charge is 0.141 e. The molecule has 0 unspecified atom stereocenters. The molecule has 0 bridgehead atoms. The molecule has 17 heavy (non-hydrogen) atoms. The number of hydrogen-bond donors (Lipinski definition) is 1. The first-order valence-electron chi connectivity index (χ1n) is 5.57. The summed E-state index contributed by atoms with van der Waals surface area (Å²) in [5.41, 5.74) is 4.49. The maximum absolute atomic E-state index is 13.1. The van der Waals surface area contributed by atoms with E-state index >= 15 is 0 Å². The lowest BCUT2D eigenvalue weighted by molar-refractivity contribution is 0.628. The zero-order valence-electron chi connectivity index (χ0n) is 9.13. The molecule has 0 radical (unpaired) electrons. The van der Waals surface area contributed by atoms with E-state index in [4.69, 9.17) is 11.6 Å². The molecule has 2 aromatic carbocycles. The number of fused-ring (bicyclic) bond motifs is 1. The summed E-state index contributed by atoms with van der Waals surface area (Å²) < 4.78 is 13.1. The highest BCUT2D eigenvalue weighted by atomic mass is 35.5. The minimum absolute atomic E-state index is 0.165. The van der Waals surface area contributed by atoms with Gasteiger partial charge in [0.1, 0.15) is 5.82 Å². The van der Waals surface area contributed by atoms with Gasteiger partial charge in [0.2, 0.25) is 0 Å². The van der Waals surface area contributed by atoms with E-state index in [9.17, 15) is 4.39 Å². The molecular formula is C14H11ClFN. The first-order valence-corrected chi connectivity index (χ1v) is 5.95. The third-order valence-electron chi connectivity index (χ3n) is 3.08. The molecule has 2 aromatic rings. The zero-order valence-corrected chi connectivity index (χ0v) is 9.89. The Bertz CT molecular complexity index is 580. The predicted molar refractivity (Wildman–Crippen MR) is 69.0 cm³/mol. The van der Waals surface area contributed by atoms with Crippen molar-refractivity contribution in [2.24, 2.45) is 0 Å². The van der Waals surface area contributed by atoms with Crippen LogP contribution in [0.2, 0.25) is 5.02 Å². The van der Waals surface area contributed by atoms with E-state index in [0.29, 0.717) is 0 Å². The highest BCUT2D eigenvalue weighted by Gasteiger charge is 2.15. The van der Waals surface area contributed by atoms with Crippen LogP contribution in [0.3, 0.4) is 0 Å². The fourth-order valence-electron chi connectivity index (χ4n) is 2.24. The Morgan fingerprint density at radius 1 is 1.18 bits per heavy atom. The van der Waals surface area contributed by atoms with Crippen molar-refractivity contribution in [1.82, 2.24) is 0 Å². The minimum Gasteiger partial charge on any atom is -0.384 e. The fourth-order valence-corrected chi connectivity index (χ4v) is 2.42. The second kappa shape index (κ2) is 4.04. The Hall–Kier alpha value is -1.54. The van der Waals surface area contributed by atoms with Crippen molar-refractivity contribution in [3.8, 4) is 11.1 Å². The van der Waals surface area contributed by atoms with Gasteiger partial charge in [0.05, 0.1) is 5.02 Å². The molecule has 1 nitrogen and oxygen atoms in total. The predicted octanol–water partition coefficient (Wildman–Crippen LogP) is 4.11. The number of halogens is 2. The zero-order chi connectivity index (χ0) is 11.8. The van der Waals surface area contributed by atoms with Gasteiger partial charge in [-0.3, -0.25) is 0 Å². The number of rotatable bonds is 1. The Morgan fingerprint density at radius 2 is 2.06 bits per heavy atom. The number of nitrogens with one attached hydrogen (secondary N) is 1. The fraction of sp³-hybridized carbons (Fsp3) is 0.143. The normalized spacial score (nSPS) is 13.3. The van der Waals surface area contributed by atoms with Gasteiger partial charge < -0.3 is 5.32 Å². The van der Waals surface area contributed by atoms with Crippen molar-refractivity contribution >= 4 is 17.3 Å². The van der Waals surface area contributed by atoms with Crippen LogP contribution in [0.5, 0.6) is 0 Å². The van der Waals surface area contributed by atoms with E-state index in [1.165, 1.54) is 11.6 Å². The van der Waals surface area contributed by atoms with E-state index < -0.39 is 0 Å². The van der Waals surface area contributed by atoms with E-state index in [1.54, 1.807) is 12.1 Å². The second-order valence-corrected chi connectivity index (χ2v) is 4.55. The molecule has 0 atom stereocenters. The van der Waals surface area contributed by atoms with E-state index in [0.717, 1.165) is 29.8 Å². The van der Waals surface area contributed by atoms with Crippen LogP contribution in [-0.2, 0) is 6.42 Å². The van der Waals surface area contributed by atoms with Crippen LogP contribution in [0.4, 0.5) is 10.1 Å². The van der Waals surface area contributed by atoms with Gasteiger partial charge in [0.15, 0.2) is 0 Å². The third kappa shape index (κ3) is 1.79. The average molecular weight is 248 g/mol. The molecule has 0 aliphatic carbocycles. The summed E-state index contributed by atoms with van der Waals surface area (Å²) in [6.45, 7) is 0.960. The van der Waals surface area contributed by atoms with Gasteiger partial charge in [-0.2, -0.15) is 0 Å². The van der Waals surface area contributed by atoms with Gasteiger partial charge in [-0.25, -0.2) is 4.39 Å². The van der Waals surface area contributed by atoms with Crippen LogP contribution in [0.1, 0.15) is 5.56 Å². The van der Waals surface area contributed by atoms with Gasteiger partial charge >= 0.3 is 0 Å². The Labute approximate surface area is 104 Å². The molecule has 1 aliphatic rings. The van der Waals surface area contributed by atoms with Gasteiger partial charge in [0, 0.05) is 17.8 Å². The topological polar surface area (TPSA) is 12.0 Å². The number of hydrogen-bond acceptors (Lipinski definition) is 1. The summed E-state index contributed by atoms with van der Waals surface area (Å²) >= 11 is 5.82. The number of benzene rings is 2. The molecule has 86 valence electrons. The van der Waals surface area contributed by atoms with Gasteiger partial charge in [-0.05, 0) is 29.7 Å². The maximum Gasteiger partial charge on any atom is 0.141 e. The highest BCUT2D eigenvalue weighted by molar-refractivity contribution is 6.31. The molecule has 1 N–H and O–H groups in total. The van der Waals surface area contributed by atoms with E-state index in [-0.39, 0.29) is 10.8 Å². The van der Waals surface area contributed by atoms with E-state index in [2.05, 4.69) is 11.4 Å². The van der Waals surface area contributed by atoms with Gasteiger partial charge in [0.25, 0.3) is 0 Å². The molecule has 0 saturated heterocycles. The molecule has 3 heteroatoms. The van der Waals surface area contributed by atoms with Gasteiger partial charge in [-0.1, -0.05) is 35.9 Å². The minimum atomic E-state index is -0.379. The standard InChI is InChI=1S/C14H11ClFN/c15-12-8-10(4-5-13(12)16)11-3-1-2-9-6-7-17-14(9)11/h1-5,8,17H,6-7H2. The van der Waals surface area contributed by atoms with Crippen LogP contribution < -0.4 is 5.32 Å². The largest absolute Gasteiger partial charge is 0.384 e. The average Bonchev–Trinajstić information content (AvgIpc) is 2.80. The monoisotopic (exact) mass is 247 g/mol. The quantitative estimate of drug-likeness (QED) is 0.800. The SMILES string of the molecule is Fc1ccc(-c2cccc3c2NCC3)cc1Cl. The van der Waals surface area contributed by atoms with Gasteiger partial charge in [-0.15, -0.1) is 0 Å². The van der Waals surface area contributed by atoms with Crippen LogP contribution in [-0.4, -0.2) is 6.54 Å². The first-order chi connectivity index (χ1) is 8.25. The molecule has 1 aliphatic heterocycles. The number of para-hydroxylation sites is 1. The molecule has 1 heterocycles. The van der Waals surface area contributed by atoms with Crippen molar-refractivity contribution in [2.45, 2.75) is 6.42 Å². The van der Waals surface area contributed by atoms with Crippen molar-refractivity contribution in [3.63, 3.8) is 0 Å². The van der Waals surface area contributed by atoms with Crippen LogP contribution in [0.15, 0.2) is 36.4 Å². The Morgan fingerprint density at radius 3 is 2.88 bits per heavy atom. The van der Waals surface area contributed by atoms with Crippen molar-refractivity contribution in [2.75, 3.05) is 11.9 Å². The molecule has 0 spiro atoms. The summed E-state index contributed by atoms with van der Waals surface area (Å²) in [5, 5.41) is 3.53. The number of anilines is 1. The molecule has 3 rings (SSSR count). The van der Waals surface area contributed by atoms with Crippen LogP contribution >= 0.6 is 11.6 Å². The summed E-state index contributed by atoms with van der Waals surface area (Å²) in [6, 6.07) is 11.0. The molecular weight excluding hydrogens is 237 g/mol. The molecule has 0 aromatic heterocycles. The summed E-state index contributed by atoms with van der Waals surface area (Å²) in [7, 11) is 0. The maximum atomic E-state index is 13.1. The first kappa shape index (κ1) is 10.6. The lowest BCUT2D eigenvalue weighted by Gasteiger charge is -2.09. The Balaban J connectivity index is 2.15. The molecule has 0 amide bonds. The van der Waals surface area contributed by atoms with Crippen molar-refractivity contribution < 1.29 is 4.39 Å². The van der Waals surface area contributed by atoms with E-state index in [1.807, 2.05) is 12.1 Å². The summed E-state index contributed by atoms with van der Waals surface area (Å²) in [5.74, 6) is -0.379. The summed E-state index contributed by atoms with van der Waals surface area (Å²) in [6.07, 6.45) is 1.04. The lowest BCUT2D eigenvalue weighted by Crippen LogP contribution is -1.93. The third-order valence-corrected chi connectivity index (χ3v) is 3.37. The second-order valence-electron chi connectivity index (χ2n) is 4.15. The summed E-state index contributed by atoms with van der Waals surface area (Å²) in [4.78, 5) is 0. The van der Waals surface area contributed by atoms with Crippen LogP contribution in [0, 0.1) is 5.82 Å². The molecule has 0 saturated carbocycles. The van der Waals surface area contributed by atoms with Crippen molar-refractivity contribution in [1.29, 1.82) is 0 Å².